The second kappa shape index (κ2) is 10.1. The van der Waals surface area contributed by atoms with E-state index in [1.54, 1.807) is 25.4 Å². The van der Waals surface area contributed by atoms with Gasteiger partial charge < -0.3 is 24.6 Å². The SMILES string of the molecule is COc1ccc(N2C(=S)N[C@@H](c3ccccn3)[C@@H]2c2cc(C)n(-c3cc(C(=O)O)ccc3C)c2C)cc1Cl. The van der Waals surface area contributed by atoms with Crippen molar-refractivity contribution in [3.8, 4) is 11.4 Å². The number of carboxylic acid groups (broad SMARTS) is 1. The van der Waals surface area contributed by atoms with E-state index in [2.05, 4.69) is 25.8 Å². The number of hydrogen-bond acceptors (Lipinski definition) is 4. The van der Waals surface area contributed by atoms with Crippen molar-refractivity contribution in [3.63, 3.8) is 0 Å². The van der Waals surface area contributed by atoms with Crippen LogP contribution in [0.15, 0.2) is 66.9 Å². The lowest BCUT2D eigenvalue weighted by atomic mass is 9.96. The van der Waals surface area contributed by atoms with Gasteiger partial charge in [-0.1, -0.05) is 23.7 Å². The van der Waals surface area contributed by atoms with Crippen LogP contribution >= 0.6 is 23.8 Å². The Hall–Kier alpha value is -3.88. The number of nitrogens with zero attached hydrogens (tertiary/aromatic N) is 3. The molecular weight excluding hydrogens is 520 g/mol. The fourth-order valence-electron chi connectivity index (χ4n) is 5.20. The summed E-state index contributed by atoms with van der Waals surface area (Å²) in [6.45, 7) is 6.05. The number of anilines is 1. The molecule has 2 atom stereocenters. The second-order valence-corrected chi connectivity index (χ2v) is 10.1. The van der Waals surface area contributed by atoms with Gasteiger partial charge in [0.2, 0.25) is 0 Å². The van der Waals surface area contributed by atoms with Crippen LogP contribution in [0, 0.1) is 20.8 Å². The summed E-state index contributed by atoms with van der Waals surface area (Å²) in [5.41, 5.74) is 6.73. The van der Waals surface area contributed by atoms with Gasteiger partial charge in [0.15, 0.2) is 5.11 Å². The first-order valence-electron chi connectivity index (χ1n) is 12.1. The summed E-state index contributed by atoms with van der Waals surface area (Å²) in [5.74, 6) is -0.379. The number of carbonyl (C=O) groups is 1. The largest absolute Gasteiger partial charge is 0.495 e. The molecule has 2 aromatic heterocycles. The van der Waals surface area contributed by atoms with E-state index < -0.39 is 5.97 Å². The third-order valence-corrected chi connectivity index (χ3v) is 7.61. The molecule has 1 aliphatic rings. The van der Waals surface area contributed by atoms with Gasteiger partial charge in [0, 0.05) is 29.0 Å². The number of nitrogens with one attached hydrogen (secondary N) is 1. The van der Waals surface area contributed by atoms with E-state index in [1.807, 2.05) is 63.2 Å². The molecule has 3 heterocycles. The van der Waals surface area contributed by atoms with E-state index in [0.717, 1.165) is 39.6 Å². The standard InChI is InChI=1S/C29H27ClN4O3S/c1-16-8-9-19(28(35)36)14-24(16)33-17(2)13-21(18(33)3)27-26(23-7-5-6-12-31-23)32-29(38)34(27)20-10-11-25(37-4)22(30)15-20/h5-15,26-27H,1-4H3,(H,32,38)(H,35,36)/t26-,27-/m0/s1. The van der Waals surface area contributed by atoms with Crippen molar-refractivity contribution in [1.82, 2.24) is 14.9 Å². The normalized spacial score (nSPS) is 17.0. The summed E-state index contributed by atoms with van der Waals surface area (Å²) in [4.78, 5) is 18.4. The Morgan fingerprint density at radius 1 is 1.11 bits per heavy atom. The lowest BCUT2D eigenvalue weighted by Gasteiger charge is -2.28. The zero-order chi connectivity index (χ0) is 27.1. The molecule has 0 aliphatic carbocycles. The fourth-order valence-corrected chi connectivity index (χ4v) is 5.79. The predicted octanol–water partition coefficient (Wildman–Crippen LogP) is 6.33. The number of rotatable bonds is 6. The maximum atomic E-state index is 11.7. The first-order valence-corrected chi connectivity index (χ1v) is 12.9. The molecule has 0 spiro atoms. The zero-order valence-electron chi connectivity index (χ0n) is 21.4. The molecule has 4 aromatic rings. The molecule has 0 radical (unpaired) electrons. The van der Waals surface area contributed by atoms with Crippen LogP contribution in [0.3, 0.4) is 0 Å². The summed E-state index contributed by atoms with van der Waals surface area (Å²) in [6, 6.07) is 18.3. The van der Waals surface area contributed by atoms with Gasteiger partial charge >= 0.3 is 5.97 Å². The smallest absolute Gasteiger partial charge is 0.335 e. The fraction of sp³-hybridized carbons (Fsp3) is 0.207. The van der Waals surface area contributed by atoms with E-state index in [-0.39, 0.29) is 17.6 Å². The Morgan fingerprint density at radius 2 is 1.89 bits per heavy atom. The Kier molecular flexibility index (Phi) is 6.86. The van der Waals surface area contributed by atoms with Gasteiger partial charge in [0.05, 0.1) is 35.5 Å². The van der Waals surface area contributed by atoms with Crippen LogP contribution in [0.25, 0.3) is 5.69 Å². The quantitative estimate of drug-likeness (QED) is 0.273. The number of pyridine rings is 1. The maximum absolute atomic E-state index is 11.7. The van der Waals surface area contributed by atoms with Crippen LogP contribution in [0.1, 0.15) is 50.7 Å². The van der Waals surface area contributed by atoms with E-state index in [4.69, 9.17) is 28.6 Å². The third kappa shape index (κ3) is 4.40. The van der Waals surface area contributed by atoms with E-state index in [0.29, 0.717) is 15.9 Å². The number of hydrogen-bond donors (Lipinski definition) is 2. The van der Waals surface area contributed by atoms with Gasteiger partial charge in [-0.05, 0) is 92.6 Å². The number of aryl methyl sites for hydroxylation is 2. The molecule has 1 fully saturated rings. The van der Waals surface area contributed by atoms with Crippen LogP contribution < -0.4 is 15.0 Å². The molecule has 0 bridgehead atoms. The Morgan fingerprint density at radius 3 is 2.55 bits per heavy atom. The van der Waals surface area contributed by atoms with Crippen molar-refractivity contribution >= 4 is 40.6 Å². The molecule has 5 rings (SSSR count). The molecule has 38 heavy (non-hydrogen) atoms. The monoisotopic (exact) mass is 546 g/mol. The summed E-state index contributed by atoms with van der Waals surface area (Å²) in [7, 11) is 1.58. The van der Waals surface area contributed by atoms with Crippen molar-refractivity contribution in [2.24, 2.45) is 0 Å². The lowest BCUT2D eigenvalue weighted by molar-refractivity contribution is 0.0697. The number of thiocarbonyl (C=S) groups is 1. The van der Waals surface area contributed by atoms with Gasteiger partial charge in [-0.2, -0.15) is 0 Å². The Bertz CT molecular complexity index is 1550. The third-order valence-electron chi connectivity index (χ3n) is 7.00. The van der Waals surface area contributed by atoms with Crippen LogP contribution in [0.4, 0.5) is 5.69 Å². The molecule has 2 N–H and O–H groups in total. The number of halogens is 1. The molecule has 7 nitrogen and oxygen atoms in total. The molecule has 9 heteroatoms. The molecule has 0 amide bonds. The molecular formula is C29H27ClN4O3S. The highest BCUT2D eigenvalue weighted by Crippen LogP contribution is 2.45. The van der Waals surface area contributed by atoms with Crippen molar-refractivity contribution in [2.75, 3.05) is 12.0 Å². The summed E-state index contributed by atoms with van der Waals surface area (Å²) >= 11 is 12.4. The van der Waals surface area contributed by atoms with Crippen LogP contribution in [-0.4, -0.2) is 32.8 Å². The zero-order valence-corrected chi connectivity index (χ0v) is 23.0. The Balaban J connectivity index is 1.70. The number of aromatic carboxylic acids is 1. The summed E-state index contributed by atoms with van der Waals surface area (Å²) in [6.07, 6.45) is 1.77. The van der Waals surface area contributed by atoms with Gasteiger partial charge in [-0.25, -0.2) is 4.79 Å². The minimum absolute atomic E-state index is 0.232. The Labute approximate surface area is 231 Å². The summed E-state index contributed by atoms with van der Waals surface area (Å²) < 4.78 is 7.47. The lowest BCUT2D eigenvalue weighted by Crippen LogP contribution is -2.29. The second-order valence-electron chi connectivity index (χ2n) is 9.28. The van der Waals surface area contributed by atoms with Crippen LogP contribution in [-0.2, 0) is 0 Å². The van der Waals surface area contributed by atoms with Crippen molar-refractivity contribution in [2.45, 2.75) is 32.9 Å². The molecule has 0 saturated carbocycles. The highest BCUT2D eigenvalue weighted by atomic mass is 35.5. The topological polar surface area (TPSA) is 79.6 Å². The predicted molar refractivity (Wildman–Crippen MR) is 153 cm³/mol. The molecule has 194 valence electrons. The van der Waals surface area contributed by atoms with E-state index >= 15 is 0 Å². The number of benzene rings is 2. The van der Waals surface area contributed by atoms with Gasteiger partial charge in [0.25, 0.3) is 0 Å². The first kappa shape index (κ1) is 25.8. The first-order chi connectivity index (χ1) is 18.2. The molecule has 2 aromatic carbocycles. The number of ether oxygens (including phenoxy) is 1. The van der Waals surface area contributed by atoms with Crippen molar-refractivity contribution in [1.29, 1.82) is 0 Å². The van der Waals surface area contributed by atoms with E-state index in [9.17, 15) is 9.90 Å². The maximum Gasteiger partial charge on any atom is 0.335 e. The minimum atomic E-state index is -0.961. The molecule has 1 saturated heterocycles. The highest BCUT2D eigenvalue weighted by Gasteiger charge is 2.42. The van der Waals surface area contributed by atoms with Gasteiger partial charge in [-0.15, -0.1) is 0 Å². The molecule has 0 unspecified atom stereocenters. The van der Waals surface area contributed by atoms with Crippen LogP contribution in [0.2, 0.25) is 5.02 Å². The minimum Gasteiger partial charge on any atom is -0.495 e. The van der Waals surface area contributed by atoms with Crippen molar-refractivity contribution in [3.05, 3.63) is 106 Å². The van der Waals surface area contributed by atoms with Crippen LogP contribution in [0.5, 0.6) is 5.75 Å². The van der Waals surface area contributed by atoms with Gasteiger partial charge in [-0.3, -0.25) is 4.98 Å². The number of aromatic nitrogens is 2. The highest BCUT2D eigenvalue weighted by molar-refractivity contribution is 7.80. The average molecular weight is 547 g/mol. The van der Waals surface area contributed by atoms with Crippen molar-refractivity contribution < 1.29 is 14.6 Å². The number of methoxy groups -OCH3 is 1. The van der Waals surface area contributed by atoms with Gasteiger partial charge in [0.1, 0.15) is 5.75 Å². The average Bonchev–Trinajstić information content (AvgIpc) is 3.39. The number of carboxylic acids is 1. The molecule has 1 aliphatic heterocycles. The summed E-state index contributed by atoms with van der Waals surface area (Å²) in [5, 5.41) is 14.1. The van der Waals surface area contributed by atoms with E-state index in [1.165, 1.54) is 0 Å².